The van der Waals surface area contributed by atoms with Crippen molar-refractivity contribution in [2.24, 2.45) is 7.05 Å². The Hall–Kier alpha value is -2.22. The van der Waals surface area contributed by atoms with Crippen LogP contribution in [0.1, 0.15) is 5.69 Å². The van der Waals surface area contributed by atoms with Crippen LogP contribution < -0.4 is 5.73 Å². The van der Waals surface area contributed by atoms with Gasteiger partial charge in [-0.2, -0.15) is 9.78 Å². The second kappa shape index (κ2) is 4.71. The second-order valence-corrected chi connectivity index (χ2v) is 5.28. The molecule has 0 spiro atoms. The summed E-state index contributed by atoms with van der Waals surface area (Å²) in [6.07, 6.45) is 1.87. The monoisotopic (exact) mass is 333 g/mol. The molecule has 1 aromatic carbocycles. The molecule has 0 saturated heterocycles. The molecular formula is C12H12BrN7. The lowest BCUT2D eigenvalue weighted by Gasteiger charge is -2.05. The normalized spacial score (nSPS) is 10.9. The Morgan fingerprint density at radius 2 is 2.10 bits per heavy atom. The highest BCUT2D eigenvalue weighted by atomic mass is 79.9. The van der Waals surface area contributed by atoms with Gasteiger partial charge in [0.25, 0.3) is 0 Å². The average Bonchev–Trinajstić information content (AvgIpc) is 2.99. The maximum absolute atomic E-state index is 5.91. The zero-order valence-corrected chi connectivity index (χ0v) is 12.5. The zero-order valence-electron chi connectivity index (χ0n) is 10.9. The van der Waals surface area contributed by atoms with Gasteiger partial charge >= 0.3 is 0 Å². The van der Waals surface area contributed by atoms with Crippen LogP contribution in [0, 0.1) is 6.92 Å². The van der Waals surface area contributed by atoms with Crippen LogP contribution in [0.25, 0.3) is 17.1 Å². The Kier molecular flexibility index (Phi) is 3.01. The van der Waals surface area contributed by atoms with E-state index in [4.69, 9.17) is 5.73 Å². The molecule has 7 nitrogen and oxygen atoms in total. The number of benzene rings is 1. The van der Waals surface area contributed by atoms with Crippen molar-refractivity contribution in [3.05, 3.63) is 34.6 Å². The molecule has 20 heavy (non-hydrogen) atoms. The molecule has 0 radical (unpaired) electrons. The Labute approximate surface area is 123 Å². The first-order valence-electron chi connectivity index (χ1n) is 5.90. The third-order valence-corrected chi connectivity index (χ3v) is 3.66. The van der Waals surface area contributed by atoms with Crippen molar-refractivity contribution >= 4 is 21.6 Å². The molecule has 0 atom stereocenters. The van der Waals surface area contributed by atoms with Crippen LogP contribution in [0.4, 0.5) is 5.69 Å². The molecular weight excluding hydrogens is 322 g/mol. The number of aryl methyl sites for hydroxylation is 2. The van der Waals surface area contributed by atoms with Crippen molar-refractivity contribution in [2.45, 2.75) is 6.92 Å². The quantitative estimate of drug-likeness (QED) is 0.721. The largest absolute Gasteiger partial charge is 0.398 e. The average molecular weight is 334 g/mol. The van der Waals surface area contributed by atoms with E-state index in [1.165, 1.54) is 0 Å². The van der Waals surface area contributed by atoms with Gasteiger partial charge in [-0.1, -0.05) is 0 Å². The lowest BCUT2D eigenvalue weighted by Crippen LogP contribution is -2.01. The minimum atomic E-state index is 0.625. The number of nitrogens with two attached hydrogens (primary N) is 1. The molecule has 2 N–H and O–H groups in total. The third-order valence-electron chi connectivity index (χ3n) is 2.94. The number of rotatable bonds is 2. The molecule has 0 amide bonds. The molecule has 3 rings (SSSR count). The van der Waals surface area contributed by atoms with Crippen LogP contribution in [-0.4, -0.2) is 30.0 Å². The Morgan fingerprint density at radius 3 is 2.75 bits per heavy atom. The highest BCUT2D eigenvalue weighted by molar-refractivity contribution is 9.10. The molecule has 0 fully saturated rings. The van der Waals surface area contributed by atoms with Crippen LogP contribution in [-0.2, 0) is 7.05 Å². The predicted molar refractivity (Wildman–Crippen MR) is 78.2 cm³/mol. The molecule has 0 aliphatic heterocycles. The van der Waals surface area contributed by atoms with Gasteiger partial charge in [0.2, 0.25) is 0 Å². The van der Waals surface area contributed by atoms with Gasteiger partial charge < -0.3 is 5.73 Å². The van der Waals surface area contributed by atoms with Crippen molar-refractivity contribution in [1.82, 2.24) is 30.0 Å². The predicted octanol–water partition coefficient (Wildman–Crippen LogP) is 1.72. The van der Waals surface area contributed by atoms with Gasteiger partial charge in [0.1, 0.15) is 5.69 Å². The van der Waals surface area contributed by atoms with Gasteiger partial charge in [0, 0.05) is 22.8 Å². The molecule has 8 heteroatoms. The van der Waals surface area contributed by atoms with Crippen LogP contribution >= 0.6 is 15.9 Å². The number of aromatic nitrogens is 6. The highest BCUT2D eigenvalue weighted by Gasteiger charge is 2.15. The fourth-order valence-electron chi connectivity index (χ4n) is 2.01. The van der Waals surface area contributed by atoms with E-state index >= 15 is 0 Å². The summed E-state index contributed by atoms with van der Waals surface area (Å²) < 4.78 is 4.23. The second-order valence-electron chi connectivity index (χ2n) is 4.42. The lowest BCUT2D eigenvalue weighted by atomic mass is 10.2. The van der Waals surface area contributed by atoms with Crippen LogP contribution in [0.2, 0.25) is 0 Å². The minimum absolute atomic E-state index is 0.625. The number of nitrogen functional groups attached to an aromatic ring is 1. The van der Waals surface area contributed by atoms with Crippen molar-refractivity contribution in [1.29, 1.82) is 0 Å². The Bertz CT molecular complexity index is 774. The molecule has 102 valence electrons. The van der Waals surface area contributed by atoms with Crippen molar-refractivity contribution in [3.63, 3.8) is 0 Å². The van der Waals surface area contributed by atoms with E-state index in [-0.39, 0.29) is 0 Å². The third kappa shape index (κ3) is 2.07. The van der Waals surface area contributed by atoms with Gasteiger partial charge in [-0.3, -0.25) is 4.68 Å². The molecule has 0 bridgehead atoms. The summed E-state index contributed by atoms with van der Waals surface area (Å²) in [5.41, 5.74) is 9.09. The van der Waals surface area contributed by atoms with Crippen LogP contribution in [0.3, 0.4) is 0 Å². The number of nitrogens with zero attached hydrogens (tertiary/aromatic N) is 6. The number of hydrogen-bond acceptors (Lipinski definition) is 5. The molecule has 0 saturated carbocycles. The van der Waals surface area contributed by atoms with Crippen molar-refractivity contribution in [3.8, 4) is 17.1 Å². The summed E-state index contributed by atoms with van der Waals surface area (Å²) in [6.45, 7) is 1.91. The summed E-state index contributed by atoms with van der Waals surface area (Å²) >= 11 is 3.37. The molecule has 0 unspecified atom stereocenters. The minimum Gasteiger partial charge on any atom is -0.398 e. The Balaban J connectivity index is 2.15. The standard InChI is InChI=1S/C12H12BrN7/c1-7-11(6-19(2)16-7)20-12(15-17-18-20)8-3-4-9(13)10(14)5-8/h3-6H,14H2,1-2H3. The molecule has 2 aromatic heterocycles. The summed E-state index contributed by atoms with van der Waals surface area (Å²) in [4.78, 5) is 0. The van der Waals surface area contributed by atoms with Gasteiger partial charge in [-0.25, -0.2) is 0 Å². The number of halogens is 1. The zero-order chi connectivity index (χ0) is 14.3. The smallest absolute Gasteiger partial charge is 0.187 e. The van der Waals surface area contributed by atoms with E-state index in [1.54, 1.807) is 9.36 Å². The summed E-state index contributed by atoms with van der Waals surface area (Å²) in [7, 11) is 1.86. The van der Waals surface area contributed by atoms with Gasteiger partial charge in [0.15, 0.2) is 5.82 Å². The molecule has 0 aliphatic carbocycles. The van der Waals surface area contributed by atoms with Gasteiger partial charge in [-0.15, -0.1) is 5.10 Å². The van der Waals surface area contributed by atoms with E-state index in [0.29, 0.717) is 11.5 Å². The molecule has 2 heterocycles. The van der Waals surface area contributed by atoms with E-state index in [9.17, 15) is 0 Å². The summed E-state index contributed by atoms with van der Waals surface area (Å²) in [5.74, 6) is 0.625. The van der Waals surface area contributed by atoms with Crippen molar-refractivity contribution < 1.29 is 0 Å². The van der Waals surface area contributed by atoms with E-state index in [1.807, 2.05) is 38.4 Å². The van der Waals surface area contributed by atoms with Crippen LogP contribution in [0.5, 0.6) is 0 Å². The Morgan fingerprint density at radius 1 is 1.30 bits per heavy atom. The van der Waals surface area contributed by atoms with Crippen LogP contribution in [0.15, 0.2) is 28.9 Å². The SMILES string of the molecule is Cc1nn(C)cc1-n1nnnc1-c1ccc(Br)c(N)c1. The first-order valence-corrected chi connectivity index (χ1v) is 6.70. The molecule has 0 aliphatic rings. The maximum atomic E-state index is 5.91. The van der Waals surface area contributed by atoms with E-state index < -0.39 is 0 Å². The lowest BCUT2D eigenvalue weighted by molar-refractivity contribution is 0.755. The number of tetrazole rings is 1. The first kappa shape index (κ1) is 12.8. The number of anilines is 1. The fraction of sp³-hybridized carbons (Fsp3) is 0.167. The topological polar surface area (TPSA) is 87.4 Å². The van der Waals surface area contributed by atoms with Gasteiger partial charge in [0.05, 0.1) is 11.9 Å². The maximum Gasteiger partial charge on any atom is 0.187 e. The fourth-order valence-corrected chi connectivity index (χ4v) is 2.25. The van der Waals surface area contributed by atoms with Gasteiger partial charge in [-0.05, 0) is 51.5 Å². The summed E-state index contributed by atoms with van der Waals surface area (Å²) in [5, 5.41) is 16.2. The van der Waals surface area contributed by atoms with Crippen molar-refractivity contribution in [2.75, 3.05) is 5.73 Å². The van der Waals surface area contributed by atoms with E-state index in [0.717, 1.165) is 21.4 Å². The summed E-state index contributed by atoms with van der Waals surface area (Å²) in [6, 6.07) is 5.62. The van der Waals surface area contributed by atoms with E-state index in [2.05, 4.69) is 36.6 Å². The number of hydrogen-bond donors (Lipinski definition) is 1. The molecule has 3 aromatic rings. The highest BCUT2D eigenvalue weighted by Crippen LogP contribution is 2.27. The first-order chi connectivity index (χ1) is 9.56.